The van der Waals surface area contributed by atoms with Gasteiger partial charge in [-0.25, -0.2) is 0 Å². The van der Waals surface area contributed by atoms with Crippen molar-refractivity contribution in [1.82, 2.24) is 0 Å². The van der Waals surface area contributed by atoms with Crippen molar-refractivity contribution in [2.24, 2.45) is 17.6 Å². The molecule has 0 spiro atoms. The highest BCUT2D eigenvalue weighted by Crippen LogP contribution is 2.47. The van der Waals surface area contributed by atoms with Crippen LogP contribution in [0.3, 0.4) is 0 Å². The molecule has 92 valence electrons. The third-order valence-electron chi connectivity index (χ3n) is 4.14. The van der Waals surface area contributed by atoms with Gasteiger partial charge in [-0.2, -0.15) is 5.26 Å². The molecular weight excluding hydrogens is 226 g/mol. The number of piperidine rings is 1. The van der Waals surface area contributed by atoms with E-state index in [0.717, 1.165) is 30.6 Å². The maximum atomic E-state index is 11.3. The summed E-state index contributed by atoms with van der Waals surface area (Å²) in [5.74, 6) is 1.15. The Balaban J connectivity index is 2.02. The van der Waals surface area contributed by atoms with Crippen LogP contribution >= 0.6 is 0 Å². The highest BCUT2D eigenvalue weighted by atomic mass is 16.1. The predicted molar refractivity (Wildman–Crippen MR) is 68.2 cm³/mol. The third-order valence-corrected chi connectivity index (χ3v) is 4.14. The SMILES string of the molecule is Cc1c(C(N)=O)ccc(N2CC3CC3C2)c1C#N. The van der Waals surface area contributed by atoms with Gasteiger partial charge >= 0.3 is 0 Å². The first kappa shape index (κ1) is 11.1. The molecule has 0 aromatic heterocycles. The van der Waals surface area contributed by atoms with Gasteiger partial charge in [-0.15, -0.1) is 0 Å². The summed E-state index contributed by atoms with van der Waals surface area (Å²) in [5, 5.41) is 9.31. The van der Waals surface area contributed by atoms with Crippen LogP contribution in [0.4, 0.5) is 5.69 Å². The molecule has 1 aliphatic heterocycles. The summed E-state index contributed by atoms with van der Waals surface area (Å²) in [7, 11) is 0. The van der Waals surface area contributed by atoms with Gasteiger partial charge in [0, 0.05) is 18.7 Å². The molecule has 1 saturated heterocycles. The molecular formula is C14H15N3O. The third kappa shape index (κ3) is 1.55. The monoisotopic (exact) mass is 241 g/mol. The number of hydrogen-bond donors (Lipinski definition) is 1. The van der Waals surface area contributed by atoms with Crippen LogP contribution < -0.4 is 10.6 Å². The second-order valence-corrected chi connectivity index (χ2v) is 5.27. The molecule has 2 unspecified atom stereocenters. The summed E-state index contributed by atoms with van der Waals surface area (Å²) < 4.78 is 0. The van der Waals surface area contributed by atoms with Crippen molar-refractivity contribution >= 4 is 11.6 Å². The van der Waals surface area contributed by atoms with Gasteiger partial charge in [0.05, 0.1) is 11.3 Å². The normalized spacial score (nSPS) is 24.6. The summed E-state index contributed by atoms with van der Waals surface area (Å²) in [6.45, 7) is 3.86. The molecule has 4 nitrogen and oxygen atoms in total. The minimum Gasteiger partial charge on any atom is -0.370 e. The van der Waals surface area contributed by atoms with E-state index in [1.165, 1.54) is 6.42 Å². The van der Waals surface area contributed by atoms with Crippen molar-refractivity contribution in [2.45, 2.75) is 13.3 Å². The first-order valence-electron chi connectivity index (χ1n) is 6.20. The van der Waals surface area contributed by atoms with Crippen LogP contribution in [0, 0.1) is 30.1 Å². The molecule has 1 heterocycles. The summed E-state index contributed by atoms with van der Waals surface area (Å²) in [4.78, 5) is 13.5. The summed E-state index contributed by atoms with van der Waals surface area (Å²) in [6, 6.07) is 5.81. The van der Waals surface area contributed by atoms with Gasteiger partial charge in [-0.05, 0) is 42.9 Å². The van der Waals surface area contributed by atoms with Gasteiger partial charge < -0.3 is 10.6 Å². The van der Waals surface area contributed by atoms with E-state index >= 15 is 0 Å². The van der Waals surface area contributed by atoms with Gasteiger partial charge in [0.1, 0.15) is 6.07 Å². The predicted octanol–water partition coefficient (Wildman–Crippen LogP) is 1.42. The molecule has 2 N–H and O–H groups in total. The van der Waals surface area contributed by atoms with Gasteiger partial charge in [-0.1, -0.05) is 0 Å². The van der Waals surface area contributed by atoms with Gasteiger partial charge in [-0.3, -0.25) is 4.79 Å². The van der Waals surface area contributed by atoms with E-state index < -0.39 is 5.91 Å². The van der Waals surface area contributed by atoms with Crippen molar-refractivity contribution in [3.63, 3.8) is 0 Å². The number of anilines is 1. The fourth-order valence-electron chi connectivity index (χ4n) is 2.96. The van der Waals surface area contributed by atoms with Crippen molar-refractivity contribution < 1.29 is 4.79 Å². The van der Waals surface area contributed by atoms with Crippen LogP contribution in [0.1, 0.15) is 27.9 Å². The summed E-state index contributed by atoms with van der Waals surface area (Å²) >= 11 is 0. The molecule has 3 rings (SSSR count). The van der Waals surface area contributed by atoms with Crippen LogP contribution in [0.15, 0.2) is 12.1 Å². The second-order valence-electron chi connectivity index (χ2n) is 5.27. The minimum absolute atomic E-state index is 0.444. The highest BCUT2D eigenvalue weighted by molar-refractivity contribution is 5.95. The van der Waals surface area contributed by atoms with Crippen LogP contribution in [0.2, 0.25) is 0 Å². The van der Waals surface area contributed by atoms with E-state index in [2.05, 4.69) is 11.0 Å². The topological polar surface area (TPSA) is 70.1 Å². The number of rotatable bonds is 2. The van der Waals surface area contributed by atoms with E-state index in [0.29, 0.717) is 16.7 Å². The number of hydrogen-bond acceptors (Lipinski definition) is 3. The van der Waals surface area contributed by atoms with Crippen LogP contribution in [-0.2, 0) is 0 Å². The molecule has 2 fully saturated rings. The van der Waals surface area contributed by atoms with Crippen LogP contribution in [-0.4, -0.2) is 19.0 Å². The minimum atomic E-state index is -0.472. The lowest BCUT2D eigenvalue weighted by atomic mass is 10.00. The lowest BCUT2D eigenvalue weighted by Gasteiger charge is -2.23. The van der Waals surface area contributed by atoms with Crippen molar-refractivity contribution in [3.05, 3.63) is 28.8 Å². The van der Waals surface area contributed by atoms with Crippen molar-refractivity contribution in [2.75, 3.05) is 18.0 Å². The van der Waals surface area contributed by atoms with Gasteiger partial charge in [0.25, 0.3) is 0 Å². The second kappa shape index (κ2) is 3.74. The first-order chi connectivity index (χ1) is 8.61. The van der Waals surface area contributed by atoms with Gasteiger partial charge in [0.15, 0.2) is 0 Å². The maximum Gasteiger partial charge on any atom is 0.249 e. The summed E-state index contributed by atoms with van der Waals surface area (Å²) in [6.07, 6.45) is 1.33. The maximum absolute atomic E-state index is 11.3. The lowest BCUT2D eigenvalue weighted by Crippen LogP contribution is -2.24. The van der Waals surface area contributed by atoms with E-state index in [1.807, 2.05) is 6.07 Å². The molecule has 1 amide bonds. The van der Waals surface area contributed by atoms with Crippen LogP contribution in [0.5, 0.6) is 0 Å². The average molecular weight is 241 g/mol. The zero-order chi connectivity index (χ0) is 12.9. The number of carbonyl (C=O) groups is 1. The number of carbonyl (C=O) groups excluding carboxylic acids is 1. The van der Waals surface area contributed by atoms with Gasteiger partial charge in [0.2, 0.25) is 5.91 Å². The molecule has 1 aromatic carbocycles. The van der Waals surface area contributed by atoms with E-state index in [4.69, 9.17) is 5.73 Å². The lowest BCUT2D eigenvalue weighted by molar-refractivity contribution is 0.0999. The fraction of sp³-hybridized carbons (Fsp3) is 0.429. The average Bonchev–Trinajstić information content (AvgIpc) is 2.95. The molecule has 1 aromatic rings. The quantitative estimate of drug-likeness (QED) is 0.851. The highest BCUT2D eigenvalue weighted by Gasteiger charge is 2.45. The molecule has 1 saturated carbocycles. The molecule has 0 radical (unpaired) electrons. The molecule has 0 bridgehead atoms. The Labute approximate surface area is 106 Å². The molecule has 2 aliphatic rings. The number of nitrogens with zero attached hydrogens (tertiary/aromatic N) is 2. The molecule has 2 atom stereocenters. The fourth-order valence-corrected chi connectivity index (χ4v) is 2.96. The zero-order valence-electron chi connectivity index (χ0n) is 10.3. The number of benzene rings is 1. The van der Waals surface area contributed by atoms with E-state index in [9.17, 15) is 10.1 Å². The number of amides is 1. The summed E-state index contributed by atoms with van der Waals surface area (Å²) in [5.41, 5.74) is 7.99. The standard InChI is InChI=1S/C14H15N3O/c1-8-11(14(16)18)2-3-13(12(8)5-15)17-6-9-4-10(9)7-17/h2-3,9-10H,4,6-7H2,1H3,(H2,16,18). The molecule has 1 aliphatic carbocycles. The Hall–Kier alpha value is -2.02. The number of nitrogens with two attached hydrogens (primary N) is 1. The Bertz CT molecular complexity index is 563. The number of primary amides is 1. The number of fused-ring (bicyclic) bond motifs is 1. The van der Waals surface area contributed by atoms with Crippen molar-refractivity contribution in [3.8, 4) is 6.07 Å². The Morgan fingerprint density at radius 2 is 2.11 bits per heavy atom. The number of nitriles is 1. The van der Waals surface area contributed by atoms with E-state index in [-0.39, 0.29) is 0 Å². The van der Waals surface area contributed by atoms with E-state index in [1.54, 1.807) is 13.0 Å². The Morgan fingerprint density at radius 3 is 2.67 bits per heavy atom. The Kier molecular flexibility index (Phi) is 2.30. The van der Waals surface area contributed by atoms with Crippen molar-refractivity contribution in [1.29, 1.82) is 5.26 Å². The van der Waals surface area contributed by atoms with Crippen LogP contribution in [0.25, 0.3) is 0 Å². The Morgan fingerprint density at radius 1 is 1.44 bits per heavy atom. The largest absolute Gasteiger partial charge is 0.370 e. The molecule has 4 heteroatoms. The zero-order valence-corrected chi connectivity index (χ0v) is 10.3. The smallest absolute Gasteiger partial charge is 0.249 e. The molecule has 18 heavy (non-hydrogen) atoms. The first-order valence-corrected chi connectivity index (χ1v) is 6.20.